The van der Waals surface area contributed by atoms with E-state index < -0.39 is 4.92 Å². The van der Waals surface area contributed by atoms with Gasteiger partial charge in [0.2, 0.25) is 5.91 Å². The molecule has 0 radical (unpaired) electrons. The van der Waals surface area contributed by atoms with Gasteiger partial charge in [-0.3, -0.25) is 14.9 Å². The minimum Gasteiger partial charge on any atom is -0.368 e. The molecular formula is C24H23N5O3. The Bertz CT molecular complexity index is 1090. The number of aromatic nitrogens is 1. The monoisotopic (exact) mass is 429 g/mol. The molecule has 162 valence electrons. The van der Waals surface area contributed by atoms with Crippen LogP contribution >= 0.6 is 0 Å². The van der Waals surface area contributed by atoms with Gasteiger partial charge in [0, 0.05) is 50.1 Å². The number of benzene rings is 2. The van der Waals surface area contributed by atoms with Gasteiger partial charge in [-0.25, -0.2) is 4.98 Å². The van der Waals surface area contributed by atoms with E-state index in [-0.39, 0.29) is 11.6 Å². The van der Waals surface area contributed by atoms with Crippen LogP contribution in [0.2, 0.25) is 0 Å². The van der Waals surface area contributed by atoms with Crippen molar-refractivity contribution in [3.8, 4) is 0 Å². The third-order valence-electron chi connectivity index (χ3n) is 5.27. The summed E-state index contributed by atoms with van der Waals surface area (Å²) in [6, 6.07) is 20.1. The number of pyridine rings is 1. The summed E-state index contributed by atoms with van der Waals surface area (Å²) in [6.45, 7) is 3.62. The van der Waals surface area contributed by atoms with Crippen molar-refractivity contribution < 1.29 is 9.72 Å². The number of hydrogen-bond acceptors (Lipinski definition) is 6. The van der Waals surface area contributed by atoms with Crippen molar-refractivity contribution >= 4 is 34.9 Å². The summed E-state index contributed by atoms with van der Waals surface area (Å²) in [4.78, 5) is 31.5. The molecule has 0 bridgehead atoms. The molecular weight excluding hydrogens is 406 g/mol. The molecule has 1 fully saturated rings. The standard InChI is InChI=1S/C24H23N5O3/c30-24(13-8-19-6-10-22(11-7-19)29(31)32)26-20-9-12-23(25-18-20)28-16-14-27(15-17-28)21-4-2-1-3-5-21/h1-13,18H,14-17H2,(H,26,30)/b13-8+. The lowest BCUT2D eigenvalue weighted by atomic mass is 10.2. The van der Waals surface area contributed by atoms with Crippen LogP contribution in [0.3, 0.4) is 0 Å². The van der Waals surface area contributed by atoms with Gasteiger partial charge in [0.15, 0.2) is 0 Å². The van der Waals surface area contributed by atoms with Crippen molar-refractivity contribution in [1.82, 2.24) is 4.98 Å². The minimum atomic E-state index is -0.458. The zero-order chi connectivity index (χ0) is 22.3. The third kappa shape index (κ3) is 5.28. The quantitative estimate of drug-likeness (QED) is 0.362. The fourth-order valence-corrected chi connectivity index (χ4v) is 3.54. The van der Waals surface area contributed by atoms with Crippen LogP contribution in [0.1, 0.15) is 5.56 Å². The first-order chi connectivity index (χ1) is 15.6. The molecule has 0 unspecified atom stereocenters. The van der Waals surface area contributed by atoms with Crippen LogP contribution in [0.5, 0.6) is 0 Å². The van der Waals surface area contributed by atoms with E-state index in [1.165, 1.54) is 23.9 Å². The molecule has 1 aliphatic heterocycles. The molecule has 1 aromatic heterocycles. The normalized spacial score (nSPS) is 13.9. The fraction of sp³-hybridized carbons (Fsp3) is 0.167. The van der Waals surface area contributed by atoms with E-state index in [2.05, 4.69) is 44.4 Å². The van der Waals surface area contributed by atoms with Crippen LogP contribution in [0.15, 0.2) is 79.0 Å². The van der Waals surface area contributed by atoms with Gasteiger partial charge in [0.05, 0.1) is 16.8 Å². The average Bonchev–Trinajstić information content (AvgIpc) is 2.84. The van der Waals surface area contributed by atoms with Crippen molar-refractivity contribution in [2.24, 2.45) is 0 Å². The summed E-state index contributed by atoms with van der Waals surface area (Å²) in [7, 11) is 0. The lowest BCUT2D eigenvalue weighted by Crippen LogP contribution is -2.46. The molecule has 1 amide bonds. The summed E-state index contributed by atoms with van der Waals surface area (Å²) in [5, 5.41) is 13.5. The molecule has 8 heteroatoms. The molecule has 1 saturated heterocycles. The van der Waals surface area contributed by atoms with Crippen molar-refractivity contribution in [2.45, 2.75) is 0 Å². The number of nitrogens with zero attached hydrogens (tertiary/aromatic N) is 4. The van der Waals surface area contributed by atoms with Crippen LogP contribution in [0.25, 0.3) is 6.08 Å². The summed E-state index contributed by atoms with van der Waals surface area (Å²) in [6.07, 6.45) is 4.64. The van der Waals surface area contributed by atoms with E-state index in [4.69, 9.17) is 0 Å². The maximum absolute atomic E-state index is 12.2. The highest BCUT2D eigenvalue weighted by atomic mass is 16.6. The van der Waals surface area contributed by atoms with Crippen molar-refractivity contribution in [2.75, 3.05) is 41.3 Å². The predicted molar refractivity (Wildman–Crippen MR) is 126 cm³/mol. The van der Waals surface area contributed by atoms with E-state index >= 15 is 0 Å². The first-order valence-electron chi connectivity index (χ1n) is 10.3. The Kier molecular flexibility index (Phi) is 6.41. The van der Waals surface area contributed by atoms with Gasteiger partial charge in [-0.2, -0.15) is 0 Å². The van der Waals surface area contributed by atoms with Crippen molar-refractivity contribution in [3.05, 3.63) is 94.7 Å². The largest absolute Gasteiger partial charge is 0.368 e. The zero-order valence-corrected chi connectivity index (χ0v) is 17.4. The highest BCUT2D eigenvalue weighted by molar-refractivity contribution is 6.01. The van der Waals surface area contributed by atoms with E-state index in [1.807, 2.05) is 18.2 Å². The summed E-state index contributed by atoms with van der Waals surface area (Å²) in [5.74, 6) is 0.589. The Morgan fingerprint density at radius 2 is 1.62 bits per heavy atom. The van der Waals surface area contributed by atoms with Crippen molar-refractivity contribution in [3.63, 3.8) is 0 Å². The first kappa shape index (κ1) is 21.0. The smallest absolute Gasteiger partial charge is 0.269 e. The third-order valence-corrected chi connectivity index (χ3v) is 5.27. The van der Waals surface area contributed by atoms with Crippen molar-refractivity contribution in [1.29, 1.82) is 0 Å². The van der Waals surface area contributed by atoms with Crippen LogP contribution < -0.4 is 15.1 Å². The Hall–Kier alpha value is -4.20. The number of nitro groups is 1. The molecule has 1 aliphatic rings. The number of carbonyl (C=O) groups excluding carboxylic acids is 1. The lowest BCUT2D eigenvalue weighted by Gasteiger charge is -2.36. The molecule has 4 rings (SSSR count). The van der Waals surface area contributed by atoms with Crippen LogP contribution in [0.4, 0.5) is 22.9 Å². The minimum absolute atomic E-state index is 0.0132. The van der Waals surface area contributed by atoms with Gasteiger partial charge in [0.1, 0.15) is 5.82 Å². The van der Waals surface area contributed by atoms with Crippen LogP contribution in [-0.2, 0) is 4.79 Å². The molecule has 0 atom stereocenters. The maximum Gasteiger partial charge on any atom is 0.269 e. The summed E-state index contributed by atoms with van der Waals surface area (Å²) in [5.41, 5.74) is 2.56. The summed E-state index contributed by atoms with van der Waals surface area (Å²) < 4.78 is 0. The molecule has 0 aliphatic carbocycles. The number of amides is 1. The average molecular weight is 429 g/mol. The number of non-ortho nitro benzene ring substituents is 1. The molecule has 0 spiro atoms. The lowest BCUT2D eigenvalue weighted by molar-refractivity contribution is -0.384. The second kappa shape index (κ2) is 9.74. The number of para-hydroxylation sites is 1. The van der Waals surface area contributed by atoms with Gasteiger partial charge < -0.3 is 15.1 Å². The SMILES string of the molecule is O=C(/C=C/c1ccc([N+](=O)[O-])cc1)Nc1ccc(N2CCN(c3ccccc3)CC2)nc1. The number of hydrogen-bond donors (Lipinski definition) is 1. The van der Waals surface area contributed by atoms with Gasteiger partial charge in [-0.15, -0.1) is 0 Å². The first-order valence-corrected chi connectivity index (χ1v) is 10.3. The Morgan fingerprint density at radius 3 is 2.25 bits per heavy atom. The topological polar surface area (TPSA) is 91.6 Å². The Balaban J connectivity index is 1.29. The fourth-order valence-electron chi connectivity index (χ4n) is 3.54. The summed E-state index contributed by atoms with van der Waals surface area (Å²) >= 11 is 0. The van der Waals surface area contributed by atoms with Gasteiger partial charge in [-0.05, 0) is 48.0 Å². The van der Waals surface area contributed by atoms with Gasteiger partial charge in [0.25, 0.3) is 5.69 Å². The zero-order valence-electron chi connectivity index (χ0n) is 17.4. The van der Waals surface area contributed by atoms with Crippen LogP contribution in [-0.4, -0.2) is 42.0 Å². The number of nitro benzene ring substituents is 1. The van der Waals surface area contributed by atoms with E-state index in [1.54, 1.807) is 24.4 Å². The molecule has 32 heavy (non-hydrogen) atoms. The van der Waals surface area contributed by atoms with Gasteiger partial charge >= 0.3 is 0 Å². The molecule has 3 aromatic rings. The molecule has 8 nitrogen and oxygen atoms in total. The molecule has 1 N–H and O–H groups in total. The number of nitrogens with one attached hydrogen (secondary N) is 1. The van der Waals surface area contributed by atoms with Crippen LogP contribution in [0, 0.1) is 10.1 Å². The van der Waals surface area contributed by atoms with Gasteiger partial charge in [-0.1, -0.05) is 18.2 Å². The van der Waals surface area contributed by atoms with E-state index in [0.29, 0.717) is 11.3 Å². The highest BCUT2D eigenvalue weighted by Crippen LogP contribution is 2.20. The number of anilines is 3. The molecule has 0 saturated carbocycles. The Labute approximate surface area is 186 Å². The number of rotatable bonds is 6. The Morgan fingerprint density at radius 1 is 0.938 bits per heavy atom. The predicted octanol–water partition coefficient (Wildman–Crippen LogP) is 3.97. The second-order valence-corrected chi connectivity index (χ2v) is 7.39. The number of carbonyl (C=O) groups is 1. The number of piperazine rings is 1. The second-order valence-electron chi connectivity index (χ2n) is 7.39. The maximum atomic E-state index is 12.2. The highest BCUT2D eigenvalue weighted by Gasteiger charge is 2.18. The molecule has 2 heterocycles. The van der Waals surface area contributed by atoms with E-state index in [9.17, 15) is 14.9 Å². The van der Waals surface area contributed by atoms with E-state index in [0.717, 1.165) is 32.0 Å². The molecule has 2 aromatic carbocycles.